The Bertz CT molecular complexity index is 482. The topological polar surface area (TPSA) is 85.3 Å². The van der Waals surface area contributed by atoms with Crippen molar-refractivity contribution >= 4 is 29.6 Å². The molecule has 8 heteroatoms. The number of amides is 1. The molecule has 1 aliphatic rings. The minimum absolute atomic E-state index is 0.132. The van der Waals surface area contributed by atoms with Crippen molar-refractivity contribution < 1.29 is 14.3 Å². The average molecular weight is 268 g/mol. The molecule has 0 aromatic carbocycles. The summed E-state index contributed by atoms with van der Waals surface area (Å²) in [6, 6.07) is 0. The molecule has 1 amide bonds. The van der Waals surface area contributed by atoms with Gasteiger partial charge < -0.3 is 4.74 Å². The monoisotopic (exact) mass is 268 g/mol. The molecule has 1 aromatic heterocycles. The predicted octanol–water partition coefficient (Wildman–Crippen LogP) is 0.119. The molecule has 7 nitrogen and oxygen atoms in total. The van der Waals surface area contributed by atoms with Crippen LogP contribution >= 0.6 is 11.8 Å². The number of nitrogens with zero attached hydrogens (tertiary/aromatic N) is 4. The summed E-state index contributed by atoms with van der Waals surface area (Å²) in [4.78, 5) is 36.6. The SMILES string of the molecule is COC(=O)C1CC(=O)N(c2ncnc(SC)n2)C1. The lowest BCUT2D eigenvalue weighted by molar-refractivity contribution is -0.145. The van der Waals surface area contributed by atoms with Gasteiger partial charge in [0.1, 0.15) is 6.33 Å². The van der Waals surface area contributed by atoms with Crippen LogP contribution in [0.1, 0.15) is 6.42 Å². The molecule has 2 heterocycles. The van der Waals surface area contributed by atoms with Gasteiger partial charge in [-0.05, 0) is 6.26 Å². The van der Waals surface area contributed by atoms with Crippen LogP contribution < -0.4 is 4.90 Å². The van der Waals surface area contributed by atoms with Gasteiger partial charge in [-0.25, -0.2) is 9.97 Å². The van der Waals surface area contributed by atoms with Crippen LogP contribution in [0.3, 0.4) is 0 Å². The lowest BCUT2D eigenvalue weighted by atomic mass is 10.1. The zero-order valence-electron chi connectivity index (χ0n) is 9.99. The van der Waals surface area contributed by atoms with E-state index in [0.717, 1.165) is 0 Å². The molecule has 1 unspecified atom stereocenters. The smallest absolute Gasteiger partial charge is 0.311 e. The highest BCUT2D eigenvalue weighted by Crippen LogP contribution is 2.23. The summed E-state index contributed by atoms with van der Waals surface area (Å²) < 4.78 is 4.64. The van der Waals surface area contributed by atoms with E-state index in [-0.39, 0.29) is 30.8 Å². The van der Waals surface area contributed by atoms with Gasteiger partial charge in [0.05, 0.1) is 13.0 Å². The van der Waals surface area contributed by atoms with Crippen LogP contribution in [0.25, 0.3) is 0 Å². The van der Waals surface area contributed by atoms with Crippen molar-refractivity contribution in [2.24, 2.45) is 5.92 Å². The average Bonchev–Trinajstić information content (AvgIpc) is 2.80. The van der Waals surface area contributed by atoms with E-state index >= 15 is 0 Å². The van der Waals surface area contributed by atoms with Gasteiger partial charge in [-0.2, -0.15) is 4.98 Å². The molecule has 0 spiro atoms. The van der Waals surface area contributed by atoms with Crippen LogP contribution in [0.2, 0.25) is 0 Å². The molecule has 1 atom stereocenters. The first-order chi connectivity index (χ1) is 8.65. The fraction of sp³-hybridized carbons (Fsp3) is 0.500. The van der Waals surface area contributed by atoms with Crippen LogP contribution in [0.4, 0.5) is 5.95 Å². The molecule has 0 saturated carbocycles. The number of anilines is 1. The van der Waals surface area contributed by atoms with Crippen LogP contribution in [0.15, 0.2) is 11.5 Å². The Morgan fingerprint density at radius 1 is 1.56 bits per heavy atom. The van der Waals surface area contributed by atoms with Crippen molar-refractivity contribution in [3.05, 3.63) is 6.33 Å². The molecule has 1 aromatic rings. The lowest BCUT2D eigenvalue weighted by Gasteiger charge is -2.13. The highest BCUT2D eigenvalue weighted by Gasteiger charge is 2.37. The van der Waals surface area contributed by atoms with E-state index in [9.17, 15) is 9.59 Å². The van der Waals surface area contributed by atoms with Crippen LogP contribution in [0.5, 0.6) is 0 Å². The molecule has 1 saturated heterocycles. The van der Waals surface area contributed by atoms with Crippen molar-refractivity contribution in [1.82, 2.24) is 15.0 Å². The second-order valence-electron chi connectivity index (χ2n) is 3.70. The van der Waals surface area contributed by atoms with E-state index in [2.05, 4.69) is 19.7 Å². The molecule has 0 N–H and O–H groups in total. The van der Waals surface area contributed by atoms with Crippen LogP contribution in [0, 0.1) is 5.92 Å². The number of carbonyl (C=O) groups excluding carboxylic acids is 2. The Labute approximate surface area is 108 Å². The summed E-state index contributed by atoms with van der Waals surface area (Å²) in [6.45, 7) is 0.253. The lowest BCUT2D eigenvalue weighted by Crippen LogP contribution is -2.28. The van der Waals surface area contributed by atoms with Crippen molar-refractivity contribution in [3.63, 3.8) is 0 Å². The number of esters is 1. The maximum Gasteiger partial charge on any atom is 0.311 e. The normalized spacial score (nSPS) is 19.1. The molecular formula is C10H12N4O3S. The van der Waals surface area contributed by atoms with Crippen molar-refractivity contribution in [3.8, 4) is 0 Å². The number of hydrogen-bond donors (Lipinski definition) is 0. The summed E-state index contributed by atoms with van der Waals surface area (Å²) in [5.74, 6) is -0.726. The third kappa shape index (κ3) is 2.42. The second-order valence-corrected chi connectivity index (χ2v) is 4.47. The number of thioether (sulfide) groups is 1. The molecule has 2 rings (SSSR count). The van der Waals surface area contributed by atoms with Gasteiger partial charge in [-0.15, -0.1) is 0 Å². The largest absolute Gasteiger partial charge is 0.469 e. The summed E-state index contributed by atoms with van der Waals surface area (Å²) in [6.07, 6.45) is 3.32. The Morgan fingerprint density at radius 2 is 2.33 bits per heavy atom. The Hall–Kier alpha value is -1.70. The predicted molar refractivity (Wildman–Crippen MR) is 64.1 cm³/mol. The summed E-state index contributed by atoms with van der Waals surface area (Å²) in [5, 5.41) is 0.536. The number of carbonyl (C=O) groups is 2. The molecule has 1 fully saturated rings. The van der Waals surface area contributed by atoms with Crippen molar-refractivity contribution in [1.29, 1.82) is 0 Å². The molecule has 0 radical (unpaired) electrons. The summed E-state index contributed by atoms with van der Waals surface area (Å²) in [7, 11) is 1.31. The van der Waals surface area contributed by atoms with E-state index in [1.165, 1.54) is 30.1 Å². The third-order valence-corrected chi connectivity index (χ3v) is 3.18. The van der Waals surface area contributed by atoms with Gasteiger partial charge in [0.25, 0.3) is 0 Å². The standard InChI is InChI=1S/C10H12N4O3S/c1-17-8(16)6-3-7(15)14(4-6)9-11-5-12-10(13-9)18-2/h5-6H,3-4H2,1-2H3. The van der Waals surface area contributed by atoms with E-state index in [4.69, 9.17) is 0 Å². The number of methoxy groups -OCH3 is 1. The van der Waals surface area contributed by atoms with Crippen molar-refractivity contribution in [2.45, 2.75) is 11.6 Å². The zero-order valence-corrected chi connectivity index (χ0v) is 10.8. The van der Waals surface area contributed by atoms with E-state index < -0.39 is 5.92 Å². The Morgan fingerprint density at radius 3 is 3.00 bits per heavy atom. The van der Waals surface area contributed by atoms with Gasteiger partial charge >= 0.3 is 5.97 Å². The van der Waals surface area contributed by atoms with Crippen molar-refractivity contribution in [2.75, 3.05) is 24.8 Å². The van der Waals surface area contributed by atoms with E-state index in [1.54, 1.807) is 0 Å². The van der Waals surface area contributed by atoms with Crippen LogP contribution in [-0.4, -0.2) is 46.7 Å². The number of rotatable bonds is 3. The maximum absolute atomic E-state index is 11.8. The number of hydrogen-bond acceptors (Lipinski definition) is 7. The van der Waals surface area contributed by atoms with Gasteiger partial charge in [0.2, 0.25) is 11.9 Å². The highest BCUT2D eigenvalue weighted by atomic mass is 32.2. The van der Waals surface area contributed by atoms with Gasteiger partial charge in [-0.3, -0.25) is 14.5 Å². The number of aromatic nitrogens is 3. The summed E-state index contributed by atoms with van der Waals surface area (Å²) in [5.41, 5.74) is 0. The Balaban J connectivity index is 2.18. The third-order valence-electron chi connectivity index (χ3n) is 2.62. The molecule has 0 bridgehead atoms. The Kier molecular flexibility index (Phi) is 3.75. The maximum atomic E-state index is 11.8. The van der Waals surface area contributed by atoms with Gasteiger partial charge in [0, 0.05) is 13.0 Å². The van der Waals surface area contributed by atoms with E-state index in [0.29, 0.717) is 5.16 Å². The first kappa shape index (κ1) is 12.7. The van der Waals surface area contributed by atoms with Crippen LogP contribution in [-0.2, 0) is 14.3 Å². The molecular weight excluding hydrogens is 256 g/mol. The van der Waals surface area contributed by atoms with Gasteiger partial charge in [-0.1, -0.05) is 11.8 Å². The molecule has 18 heavy (non-hydrogen) atoms. The first-order valence-electron chi connectivity index (χ1n) is 5.27. The molecule has 1 aliphatic heterocycles. The minimum atomic E-state index is -0.447. The first-order valence-corrected chi connectivity index (χ1v) is 6.49. The summed E-state index contributed by atoms with van der Waals surface area (Å²) >= 11 is 1.36. The highest BCUT2D eigenvalue weighted by molar-refractivity contribution is 7.98. The second kappa shape index (κ2) is 5.30. The molecule has 96 valence electrons. The zero-order chi connectivity index (χ0) is 13.1. The molecule has 0 aliphatic carbocycles. The van der Waals surface area contributed by atoms with Gasteiger partial charge in [0.15, 0.2) is 5.16 Å². The number of ether oxygens (including phenoxy) is 1. The fourth-order valence-electron chi connectivity index (χ4n) is 1.73. The van der Waals surface area contributed by atoms with E-state index in [1.807, 2.05) is 6.26 Å². The minimum Gasteiger partial charge on any atom is -0.469 e. The quantitative estimate of drug-likeness (QED) is 0.568. The fourth-order valence-corrected chi connectivity index (χ4v) is 2.05.